The Morgan fingerprint density at radius 3 is 2.64 bits per heavy atom. The fourth-order valence-electron chi connectivity index (χ4n) is 5.63. The quantitative estimate of drug-likeness (QED) is 0.199. The fraction of sp³-hybridized carbons (Fsp3) is 0.265. The van der Waals surface area contributed by atoms with Gasteiger partial charge >= 0.3 is 6.18 Å². The highest BCUT2D eigenvalue weighted by Gasteiger charge is 2.37. The van der Waals surface area contributed by atoms with E-state index in [1.165, 1.54) is 30.3 Å². The summed E-state index contributed by atoms with van der Waals surface area (Å²) in [6, 6.07) is 18.5. The van der Waals surface area contributed by atoms with Crippen LogP contribution in [0.25, 0.3) is 16.5 Å². The minimum atomic E-state index is -4.84. The van der Waals surface area contributed by atoms with E-state index in [1.54, 1.807) is 13.2 Å². The van der Waals surface area contributed by atoms with Crippen molar-refractivity contribution in [1.82, 2.24) is 20.4 Å². The van der Waals surface area contributed by atoms with Crippen LogP contribution in [-0.2, 0) is 6.18 Å². The van der Waals surface area contributed by atoms with E-state index in [2.05, 4.69) is 15.7 Å². The van der Waals surface area contributed by atoms with Gasteiger partial charge in [-0.05, 0) is 78.4 Å². The number of alkyl halides is 3. The number of amides is 1. The Kier molecular flexibility index (Phi) is 8.16. The van der Waals surface area contributed by atoms with E-state index in [9.17, 15) is 23.2 Å². The number of nitrogens with zero attached hydrogens (tertiary/aromatic N) is 3. The highest BCUT2D eigenvalue weighted by atomic mass is 19.4. The maximum absolute atomic E-state index is 15.3. The third kappa shape index (κ3) is 6.33. The standard InChI is InChI=1S/C34H29F4N5O2/c1-45-29-14-12-22-6-2-3-8-25(22)31(29)32(40-19-20-9-10-20)23-11-13-26(35)27(16-23)41-33(44)28-17-30(34(36,37)38)42-43(28)24-7-4-5-21(15-24)18-39/h2-8,11-15,17,20,27,32,40H,9-10,16,19H2,1H3,(H,41,44). The molecule has 1 saturated carbocycles. The number of benzene rings is 3. The monoisotopic (exact) mass is 615 g/mol. The summed E-state index contributed by atoms with van der Waals surface area (Å²) in [5, 5.41) is 21.1. The van der Waals surface area contributed by atoms with Crippen LogP contribution in [0.1, 0.15) is 52.6 Å². The van der Waals surface area contributed by atoms with Crippen molar-refractivity contribution in [3.8, 4) is 17.5 Å². The first kappa shape index (κ1) is 30.1. The van der Waals surface area contributed by atoms with E-state index >= 15 is 4.39 Å². The molecule has 0 radical (unpaired) electrons. The minimum absolute atomic E-state index is 0.0625. The lowest BCUT2D eigenvalue weighted by atomic mass is 9.86. The molecule has 230 valence electrons. The topological polar surface area (TPSA) is 92.0 Å². The molecule has 0 bridgehead atoms. The van der Waals surface area contributed by atoms with Gasteiger partial charge in [0.15, 0.2) is 5.69 Å². The third-order valence-corrected chi connectivity index (χ3v) is 8.10. The second kappa shape index (κ2) is 12.2. The normalized spacial score (nSPS) is 17.3. The molecule has 3 aromatic carbocycles. The number of hydrogen-bond acceptors (Lipinski definition) is 5. The highest BCUT2D eigenvalue weighted by molar-refractivity contribution is 5.94. The van der Waals surface area contributed by atoms with Crippen LogP contribution in [0.5, 0.6) is 5.75 Å². The summed E-state index contributed by atoms with van der Waals surface area (Å²) in [6.07, 6.45) is 0.419. The van der Waals surface area contributed by atoms with Crippen molar-refractivity contribution in [2.45, 2.75) is 37.5 Å². The van der Waals surface area contributed by atoms with Gasteiger partial charge in [-0.2, -0.15) is 23.5 Å². The van der Waals surface area contributed by atoms with Crippen LogP contribution in [0, 0.1) is 17.2 Å². The number of nitrogens with one attached hydrogen (secondary N) is 2. The molecule has 1 fully saturated rings. The first-order chi connectivity index (χ1) is 21.7. The molecule has 0 aliphatic heterocycles. The molecule has 0 spiro atoms. The maximum atomic E-state index is 15.3. The Labute approximate surface area is 256 Å². The zero-order valence-corrected chi connectivity index (χ0v) is 24.2. The molecule has 2 aliphatic rings. The van der Waals surface area contributed by atoms with Gasteiger partial charge in [0, 0.05) is 11.6 Å². The van der Waals surface area contributed by atoms with Crippen LogP contribution in [0.3, 0.4) is 0 Å². The van der Waals surface area contributed by atoms with E-state index in [0.29, 0.717) is 17.7 Å². The van der Waals surface area contributed by atoms with Crippen molar-refractivity contribution in [1.29, 1.82) is 5.26 Å². The molecular weight excluding hydrogens is 586 g/mol. The summed E-state index contributed by atoms with van der Waals surface area (Å²) in [7, 11) is 1.59. The number of aromatic nitrogens is 2. The number of fused-ring (bicyclic) bond motifs is 1. The van der Waals surface area contributed by atoms with Crippen LogP contribution in [-0.4, -0.2) is 35.4 Å². The lowest BCUT2D eigenvalue weighted by molar-refractivity contribution is -0.141. The second-order valence-corrected chi connectivity index (χ2v) is 11.2. The van der Waals surface area contributed by atoms with Crippen molar-refractivity contribution >= 4 is 16.7 Å². The third-order valence-electron chi connectivity index (χ3n) is 8.10. The summed E-state index contributed by atoms with van der Waals surface area (Å²) in [5.41, 5.74) is 0.190. The molecule has 6 rings (SSSR count). The summed E-state index contributed by atoms with van der Waals surface area (Å²) in [6.45, 7) is 0.735. The van der Waals surface area contributed by atoms with Gasteiger partial charge < -0.3 is 15.4 Å². The second-order valence-electron chi connectivity index (χ2n) is 11.2. The number of hydrogen-bond donors (Lipinski definition) is 2. The van der Waals surface area contributed by atoms with Crippen LogP contribution in [0.2, 0.25) is 0 Å². The molecule has 45 heavy (non-hydrogen) atoms. The van der Waals surface area contributed by atoms with Crippen molar-refractivity contribution in [2.24, 2.45) is 5.92 Å². The Morgan fingerprint density at radius 2 is 1.91 bits per heavy atom. The van der Waals surface area contributed by atoms with Gasteiger partial charge in [0.1, 0.15) is 17.3 Å². The number of rotatable bonds is 9. The van der Waals surface area contributed by atoms with Crippen molar-refractivity contribution in [3.63, 3.8) is 0 Å². The fourth-order valence-corrected chi connectivity index (χ4v) is 5.63. The molecule has 0 saturated heterocycles. The summed E-state index contributed by atoms with van der Waals surface area (Å²) >= 11 is 0. The summed E-state index contributed by atoms with van der Waals surface area (Å²) < 4.78 is 63.0. The van der Waals surface area contributed by atoms with E-state index < -0.39 is 35.3 Å². The molecule has 2 N–H and O–H groups in total. The lowest BCUT2D eigenvalue weighted by Gasteiger charge is -2.30. The number of methoxy groups -OCH3 is 1. The van der Waals surface area contributed by atoms with Crippen molar-refractivity contribution in [3.05, 3.63) is 113 Å². The Morgan fingerprint density at radius 1 is 1.11 bits per heavy atom. The molecule has 11 heteroatoms. The summed E-state index contributed by atoms with van der Waals surface area (Å²) in [4.78, 5) is 13.5. The number of allylic oxidation sites excluding steroid dienone is 2. The molecule has 2 aliphatic carbocycles. The van der Waals surface area contributed by atoms with E-state index in [1.807, 2.05) is 42.5 Å². The highest BCUT2D eigenvalue weighted by Crippen LogP contribution is 2.40. The van der Waals surface area contributed by atoms with Gasteiger partial charge in [0.05, 0.1) is 36.5 Å². The van der Waals surface area contributed by atoms with E-state index in [-0.39, 0.29) is 23.7 Å². The van der Waals surface area contributed by atoms with Gasteiger partial charge in [0.25, 0.3) is 5.91 Å². The molecular formula is C34H29F4N5O2. The first-order valence-corrected chi connectivity index (χ1v) is 14.5. The predicted molar refractivity (Wildman–Crippen MR) is 160 cm³/mol. The molecule has 1 amide bonds. The minimum Gasteiger partial charge on any atom is -0.496 e. The zero-order valence-electron chi connectivity index (χ0n) is 24.2. The average molecular weight is 616 g/mol. The van der Waals surface area contributed by atoms with Gasteiger partial charge in [0.2, 0.25) is 0 Å². The van der Waals surface area contributed by atoms with Crippen LogP contribution in [0.15, 0.2) is 90.3 Å². The van der Waals surface area contributed by atoms with Crippen LogP contribution in [0.4, 0.5) is 17.6 Å². The number of halogens is 4. The van der Waals surface area contributed by atoms with Crippen LogP contribution >= 0.6 is 0 Å². The predicted octanol–water partition coefficient (Wildman–Crippen LogP) is 6.95. The van der Waals surface area contributed by atoms with Gasteiger partial charge in [-0.15, -0.1) is 0 Å². The van der Waals surface area contributed by atoms with Crippen molar-refractivity contribution < 1.29 is 27.1 Å². The Bertz CT molecular complexity index is 1870. The number of carbonyl (C=O) groups excluding carboxylic acids is 1. The SMILES string of the molecule is COc1ccc2ccccc2c1C(NCC1CC1)C1=CC=C(F)C(NC(=O)c2cc(C(F)(F)F)nn2-c2cccc(C#N)c2)C1. The number of carbonyl (C=O) groups is 1. The maximum Gasteiger partial charge on any atom is 0.435 e. The van der Waals surface area contributed by atoms with Gasteiger partial charge in [-0.25, -0.2) is 9.07 Å². The lowest BCUT2D eigenvalue weighted by Crippen LogP contribution is -2.39. The Balaban J connectivity index is 1.33. The largest absolute Gasteiger partial charge is 0.496 e. The molecule has 4 aromatic rings. The van der Waals surface area contributed by atoms with Crippen molar-refractivity contribution in [2.75, 3.05) is 13.7 Å². The first-order valence-electron chi connectivity index (χ1n) is 14.5. The van der Waals surface area contributed by atoms with Gasteiger partial charge in [-0.1, -0.05) is 42.5 Å². The molecule has 2 atom stereocenters. The average Bonchev–Trinajstić information content (AvgIpc) is 3.75. The molecule has 1 aromatic heterocycles. The molecule has 1 heterocycles. The Hall–Kier alpha value is -4.95. The van der Waals surface area contributed by atoms with E-state index in [4.69, 9.17) is 4.74 Å². The number of nitriles is 1. The number of ether oxygens (including phenoxy) is 1. The van der Waals surface area contributed by atoms with E-state index in [0.717, 1.165) is 46.0 Å². The van der Waals surface area contributed by atoms with Crippen LogP contribution < -0.4 is 15.4 Å². The zero-order chi connectivity index (χ0) is 31.7. The van der Waals surface area contributed by atoms with Gasteiger partial charge in [-0.3, -0.25) is 4.79 Å². The smallest absolute Gasteiger partial charge is 0.435 e. The molecule has 2 unspecified atom stereocenters. The summed E-state index contributed by atoms with van der Waals surface area (Å²) in [5.74, 6) is -0.392. The molecule has 7 nitrogen and oxygen atoms in total.